The summed E-state index contributed by atoms with van der Waals surface area (Å²) in [6.07, 6.45) is 6.75. The number of hydrogen-bond donors (Lipinski definition) is 0. The number of aromatic nitrogens is 1. The third kappa shape index (κ3) is 4.34. The molecule has 2 amide bonds. The fourth-order valence-corrected chi connectivity index (χ4v) is 3.83. The number of rotatable bonds is 2. The summed E-state index contributed by atoms with van der Waals surface area (Å²) in [5.74, 6) is 0.226. The molecule has 6 nitrogen and oxygen atoms in total. The van der Waals surface area contributed by atoms with E-state index in [1.807, 2.05) is 37.8 Å². The van der Waals surface area contributed by atoms with E-state index in [4.69, 9.17) is 4.74 Å². The van der Waals surface area contributed by atoms with Gasteiger partial charge in [-0.1, -0.05) is 0 Å². The van der Waals surface area contributed by atoms with Crippen LogP contribution in [0.3, 0.4) is 0 Å². The van der Waals surface area contributed by atoms with E-state index in [0.29, 0.717) is 25.9 Å². The van der Waals surface area contributed by atoms with Crippen molar-refractivity contribution in [1.82, 2.24) is 14.8 Å². The Kier molecular flexibility index (Phi) is 5.49. The van der Waals surface area contributed by atoms with Crippen LogP contribution in [0.25, 0.3) is 0 Å². The molecule has 142 valence electrons. The second-order valence-electron chi connectivity index (χ2n) is 8.21. The molecule has 0 saturated carbocycles. The average Bonchev–Trinajstić information content (AvgIpc) is 3.10. The Labute approximate surface area is 155 Å². The van der Waals surface area contributed by atoms with Gasteiger partial charge in [0, 0.05) is 37.9 Å². The van der Waals surface area contributed by atoms with Crippen molar-refractivity contribution >= 4 is 12.0 Å². The van der Waals surface area contributed by atoms with Crippen LogP contribution in [-0.4, -0.2) is 52.0 Å². The van der Waals surface area contributed by atoms with Crippen molar-refractivity contribution in [3.63, 3.8) is 0 Å². The molecule has 6 heteroatoms. The van der Waals surface area contributed by atoms with Gasteiger partial charge in [0.1, 0.15) is 5.60 Å². The lowest BCUT2D eigenvalue weighted by molar-refractivity contribution is -0.138. The van der Waals surface area contributed by atoms with Crippen LogP contribution >= 0.6 is 0 Å². The Morgan fingerprint density at radius 3 is 2.35 bits per heavy atom. The van der Waals surface area contributed by atoms with E-state index in [2.05, 4.69) is 4.98 Å². The Balaban J connectivity index is 1.57. The van der Waals surface area contributed by atoms with Crippen LogP contribution in [0.15, 0.2) is 24.5 Å². The molecule has 2 aliphatic rings. The van der Waals surface area contributed by atoms with Crippen molar-refractivity contribution in [1.29, 1.82) is 0 Å². The summed E-state index contributed by atoms with van der Waals surface area (Å²) in [4.78, 5) is 33.1. The van der Waals surface area contributed by atoms with Crippen molar-refractivity contribution in [2.24, 2.45) is 5.92 Å². The summed E-state index contributed by atoms with van der Waals surface area (Å²) in [6.45, 7) is 7.59. The molecule has 2 saturated heterocycles. The van der Waals surface area contributed by atoms with Gasteiger partial charge in [0.05, 0.1) is 6.04 Å². The monoisotopic (exact) mass is 359 g/mol. The minimum Gasteiger partial charge on any atom is -0.444 e. The van der Waals surface area contributed by atoms with Gasteiger partial charge in [-0.25, -0.2) is 4.79 Å². The standard InChI is InChI=1S/C20H29N3O3/c1-20(2,3)26-19(25)22-13-8-16(9-14-22)18(24)23-12-4-5-17(23)15-6-10-21-11-7-15/h6-7,10-11,16-17H,4-5,8-9,12-14H2,1-3H3. The first-order chi connectivity index (χ1) is 12.3. The quantitative estimate of drug-likeness (QED) is 0.812. The Bertz CT molecular complexity index is 633. The van der Waals surface area contributed by atoms with Gasteiger partial charge >= 0.3 is 6.09 Å². The van der Waals surface area contributed by atoms with Crippen LogP contribution in [0.1, 0.15) is 58.1 Å². The second kappa shape index (κ2) is 7.64. The van der Waals surface area contributed by atoms with Gasteiger partial charge in [0.15, 0.2) is 0 Å². The first-order valence-electron chi connectivity index (χ1n) is 9.53. The van der Waals surface area contributed by atoms with Crippen molar-refractivity contribution in [2.75, 3.05) is 19.6 Å². The number of likely N-dealkylation sites (tertiary alicyclic amines) is 2. The van der Waals surface area contributed by atoms with Crippen LogP contribution in [-0.2, 0) is 9.53 Å². The highest BCUT2D eigenvalue weighted by molar-refractivity contribution is 5.80. The number of amides is 2. The molecule has 1 aromatic rings. The van der Waals surface area contributed by atoms with Gasteiger partial charge in [-0.3, -0.25) is 9.78 Å². The van der Waals surface area contributed by atoms with Crippen LogP contribution in [0.2, 0.25) is 0 Å². The lowest BCUT2D eigenvalue weighted by Gasteiger charge is -2.35. The number of nitrogens with zero attached hydrogens (tertiary/aromatic N) is 3. The number of carbonyl (C=O) groups excluding carboxylic acids is 2. The van der Waals surface area contributed by atoms with Crippen molar-refractivity contribution in [3.05, 3.63) is 30.1 Å². The van der Waals surface area contributed by atoms with E-state index in [0.717, 1.165) is 24.9 Å². The fourth-order valence-electron chi connectivity index (χ4n) is 3.83. The predicted molar refractivity (Wildman–Crippen MR) is 98.5 cm³/mol. The van der Waals surface area contributed by atoms with Crippen molar-refractivity contribution in [3.8, 4) is 0 Å². The summed E-state index contributed by atoms with van der Waals surface area (Å²) >= 11 is 0. The summed E-state index contributed by atoms with van der Waals surface area (Å²) in [5, 5.41) is 0. The molecule has 3 heterocycles. The molecule has 2 aliphatic heterocycles. The summed E-state index contributed by atoms with van der Waals surface area (Å²) in [5.41, 5.74) is 0.675. The smallest absolute Gasteiger partial charge is 0.410 e. The number of hydrogen-bond acceptors (Lipinski definition) is 4. The molecule has 1 unspecified atom stereocenters. The zero-order valence-corrected chi connectivity index (χ0v) is 16.0. The average molecular weight is 359 g/mol. The molecule has 0 N–H and O–H groups in total. The van der Waals surface area contributed by atoms with Crippen molar-refractivity contribution < 1.29 is 14.3 Å². The largest absolute Gasteiger partial charge is 0.444 e. The number of pyridine rings is 1. The topological polar surface area (TPSA) is 62.7 Å². The maximum Gasteiger partial charge on any atom is 0.410 e. The zero-order chi connectivity index (χ0) is 18.7. The van der Waals surface area contributed by atoms with Crippen LogP contribution < -0.4 is 0 Å². The molecular weight excluding hydrogens is 330 g/mol. The van der Waals surface area contributed by atoms with Gasteiger partial charge in [0.25, 0.3) is 0 Å². The van der Waals surface area contributed by atoms with Gasteiger partial charge in [0.2, 0.25) is 5.91 Å². The van der Waals surface area contributed by atoms with Crippen LogP contribution in [0.4, 0.5) is 4.79 Å². The Hall–Kier alpha value is -2.11. The molecule has 0 spiro atoms. The third-order valence-electron chi connectivity index (χ3n) is 5.12. The first-order valence-corrected chi connectivity index (χ1v) is 9.53. The maximum absolute atomic E-state index is 13.1. The summed E-state index contributed by atoms with van der Waals surface area (Å²) in [7, 11) is 0. The molecule has 3 rings (SSSR count). The molecule has 26 heavy (non-hydrogen) atoms. The summed E-state index contributed by atoms with van der Waals surface area (Å²) < 4.78 is 5.43. The van der Waals surface area contributed by atoms with E-state index in [1.54, 1.807) is 17.3 Å². The minimum atomic E-state index is -0.489. The third-order valence-corrected chi connectivity index (χ3v) is 5.12. The van der Waals surface area contributed by atoms with Gasteiger partial charge in [-0.2, -0.15) is 0 Å². The maximum atomic E-state index is 13.1. The van der Waals surface area contributed by atoms with Gasteiger partial charge < -0.3 is 14.5 Å². The number of carbonyl (C=O) groups is 2. The highest BCUT2D eigenvalue weighted by atomic mass is 16.6. The van der Waals surface area contributed by atoms with Gasteiger partial charge in [-0.15, -0.1) is 0 Å². The highest BCUT2D eigenvalue weighted by Gasteiger charge is 2.36. The van der Waals surface area contributed by atoms with E-state index >= 15 is 0 Å². The van der Waals surface area contributed by atoms with E-state index in [-0.39, 0.29) is 24.0 Å². The Morgan fingerprint density at radius 2 is 1.73 bits per heavy atom. The minimum absolute atomic E-state index is 0.00359. The molecule has 0 aromatic carbocycles. The fraction of sp³-hybridized carbons (Fsp3) is 0.650. The van der Waals surface area contributed by atoms with E-state index in [1.165, 1.54) is 0 Å². The lowest BCUT2D eigenvalue weighted by Crippen LogP contribution is -2.45. The highest BCUT2D eigenvalue weighted by Crippen LogP contribution is 2.34. The van der Waals surface area contributed by atoms with E-state index in [9.17, 15) is 9.59 Å². The van der Waals surface area contributed by atoms with Gasteiger partial charge in [-0.05, 0) is 64.2 Å². The molecular formula is C20H29N3O3. The number of piperidine rings is 1. The molecule has 0 aliphatic carbocycles. The first kappa shape index (κ1) is 18.7. The Morgan fingerprint density at radius 1 is 1.08 bits per heavy atom. The molecule has 2 fully saturated rings. The molecule has 0 bridgehead atoms. The number of ether oxygens (including phenoxy) is 1. The van der Waals surface area contributed by atoms with Crippen LogP contribution in [0.5, 0.6) is 0 Å². The SMILES string of the molecule is CC(C)(C)OC(=O)N1CCC(C(=O)N2CCCC2c2ccncc2)CC1. The van der Waals surface area contributed by atoms with E-state index < -0.39 is 5.60 Å². The lowest BCUT2D eigenvalue weighted by atomic mass is 9.94. The predicted octanol–water partition coefficient (Wildman–Crippen LogP) is 3.39. The molecule has 1 aromatic heterocycles. The van der Waals surface area contributed by atoms with Crippen LogP contribution in [0, 0.1) is 5.92 Å². The molecule has 0 radical (unpaired) electrons. The zero-order valence-electron chi connectivity index (χ0n) is 16.0. The molecule has 1 atom stereocenters. The normalized spacial score (nSPS) is 21.7. The second-order valence-corrected chi connectivity index (χ2v) is 8.21. The van der Waals surface area contributed by atoms with Crippen molar-refractivity contribution in [2.45, 2.75) is 58.1 Å². The summed E-state index contributed by atoms with van der Waals surface area (Å²) in [6, 6.07) is 4.16.